The summed E-state index contributed by atoms with van der Waals surface area (Å²) in [6, 6.07) is 17.7. The minimum atomic E-state index is -0.297. The molecular weight excluding hydrogens is 481 g/mol. The third-order valence-electron chi connectivity index (χ3n) is 7.03. The van der Waals surface area contributed by atoms with E-state index in [0.717, 1.165) is 48.0 Å². The number of carbonyl (C=O) groups is 1. The van der Waals surface area contributed by atoms with Crippen LogP contribution in [0.15, 0.2) is 66.9 Å². The molecule has 9 heteroatoms. The van der Waals surface area contributed by atoms with Gasteiger partial charge in [0.05, 0.1) is 17.6 Å². The van der Waals surface area contributed by atoms with Gasteiger partial charge in [0.25, 0.3) is 5.91 Å². The molecule has 0 saturated carbocycles. The third-order valence-corrected chi connectivity index (χ3v) is 7.03. The number of likely N-dealkylation sites (tertiary alicyclic amines) is 1. The number of hydrogen-bond acceptors (Lipinski definition) is 5. The fourth-order valence-electron chi connectivity index (χ4n) is 4.98. The lowest BCUT2D eigenvalue weighted by atomic mass is 10.1. The van der Waals surface area contributed by atoms with Crippen LogP contribution < -0.4 is 5.32 Å². The maximum absolute atomic E-state index is 13.5. The van der Waals surface area contributed by atoms with Crippen molar-refractivity contribution in [2.24, 2.45) is 7.05 Å². The highest BCUT2D eigenvalue weighted by Crippen LogP contribution is 2.31. The van der Waals surface area contributed by atoms with E-state index in [1.54, 1.807) is 22.8 Å². The van der Waals surface area contributed by atoms with E-state index in [0.29, 0.717) is 22.7 Å². The molecule has 38 heavy (non-hydrogen) atoms. The molecule has 5 aromatic rings. The second-order valence-corrected chi connectivity index (χ2v) is 9.71. The summed E-state index contributed by atoms with van der Waals surface area (Å²) in [5, 5.41) is 7.67. The van der Waals surface area contributed by atoms with Crippen molar-refractivity contribution < 1.29 is 9.18 Å². The Kier molecular flexibility index (Phi) is 6.21. The van der Waals surface area contributed by atoms with Gasteiger partial charge in [-0.25, -0.2) is 18.9 Å². The molecule has 1 aliphatic heterocycles. The van der Waals surface area contributed by atoms with Crippen LogP contribution in [0, 0.1) is 12.7 Å². The number of anilines is 1. The first-order valence-electron chi connectivity index (χ1n) is 12.7. The Morgan fingerprint density at radius 2 is 1.82 bits per heavy atom. The number of hydrogen-bond donors (Lipinski definition) is 1. The zero-order chi connectivity index (χ0) is 26.2. The maximum Gasteiger partial charge on any atom is 0.256 e. The molecule has 192 valence electrons. The molecule has 1 N–H and O–H groups in total. The number of imidazole rings is 2. The van der Waals surface area contributed by atoms with Crippen molar-refractivity contribution in [3.63, 3.8) is 0 Å². The third kappa shape index (κ3) is 4.68. The van der Waals surface area contributed by atoms with Crippen molar-refractivity contribution in [3.05, 3.63) is 89.6 Å². The number of carbonyl (C=O) groups excluding carboxylic acids is 1. The summed E-state index contributed by atoms with van der Waals surface area (Å²) in [5.74, 6) is 0.725. The Balaban J connectivity index is 1.26. The molecule has 6 rings (SSSR count). The van der Waals surface area contributed by atoms with Crippen LogP contribution in [0.2, 0.25) is 0 Å². The van der Waals surface area contributed by atoms with Gasteiger partial charge in [0.2, 0.25) is 0 Å². The van der Waals surface area contributed by atoms with Crippen LogP contribution in [-0.2, 0) is 13.6 Å². The van der Waals surface area contributed by atoms with Gasteiger partial charge in [0.1, 0.15) is 17.3 Å². The molecule has 4 heterocycles. The summed E-state index contributed by atoms with van der Waals surface area (Å²) < 4.78 is 17.1. The highest BCUT2D eigenvalue weighted by Gasteiger charge is 2.19. The maximum atomic E-state index is 13.5. The molecule has 1 amide bonds. The van der Waals surface area contributed by atoms with E-state index in [4.69, 9.17) is 10.1 Å². The molecule has 8 nitrogen and oxygen atoms in total. The Labute approximate surface area is 219 Å². The van der Waals surface area contributed by atoms with Gasteiger partial charge in [-0.3, -0.25) is 9.69 Å². The predicted molar refractivity (Wildman–Crippen MR) is 144 cm³/mol. The monoisotopic (exact) mass is 509 g/mol. The van der Waals surface area contributed by atoms with Gasteiger partial charge >= 0.3 is 0 Å². The van der Waals surface area contributed by atoms with Crippen molar-refractivity contribution >= 4 is 17.4 Å². The first-order valence-corrected chi connectivity index (χ1v) is 12.7. The average molecular weight is 510 g/mol. The van der Waals surface area contributed by atoms with Crippen LogP contribution in [0.5, 0.6) is 0 Å². The van der Waals surface area contributed by atoms with E-state index in [1.165, 1.54) is 25.0 Å². The fourth-order valence-corrected chi connectivity index (χ4v) is 4.98. The van der Waals surface area contributed by atoms with Gasteiger partial charge in [0.15, 0.2) is 11.5 Å². The highest BCUT2D eigenvalue weighted by molar-refractivity contribution is 6.04. The SMILES string of the molecule is Cc1nc(-c2ccc(F)cc2)c(-c2ccc3nc(NC(=O)c4cccc(CN5CCCC5)c4)cn3n2)n1C. The van der Waals surface area contributed by atoms with Crippen LogP contribution in [-0.4, -0.2) is 48.0 Å². The molecular formula is C29H28FN7O. The minimum absolute atomic E-state index is 0.210. The van der Waals surface area contributed by atoms with Crippen LogP contribution in [0.25, 0.3) is 28.3 Å². The Morgan fingerprint density at radius 3 is 2.61 bits per heavy atom. The molecule has 1 aliphatic rings. The number of rotatable bonds is 6. The van der Waals surface area contributed by atoms with Crippen molar-refractivity contribution in [2.75, 3.05) is 18.4 Å². The Bertz CT molecular complexity index is 1630. The number of nitrogens with zero attached hydrogens (tertiary/aromatic N) is 6. The number of aryl methyl sites for hydroxylation is 1. The molecule has 1 fully saturated rings. The normalized spacial score (nSPS) is 13.9. The standard InChI is InChI=1S/C29H28FN7O/c1-19-31-27(21-8-10-23(30)11-9-21)28(35(19)2)24-12-13-26-32-25(18-37(26)34-24)33-29(38)22-7-5-6-20(16-22)17-36-14-3-4-15-36/h5-13,16,18H,3-4,14-15,17H2,1-2H3,(H,33,38). The number of halogens is 1. The summed E-state index contributed by atoms with van der Waals surface area (Å²) in [6.07, 6.45) is 4.17. The summed E-state index contributed by atoms with van der Waals surface area (Å²) in [5.41, 5.74) is 5.35. The van der Waals surface area contributed by atoms with Crippen molar-refractivity contribution in [1.29, 1.82) is 0 Å². The van der Waals surface area contributed by atoms with Crippen LogP contribution >= 0.6 is 0 Å². The van der Waals surface area contributed by atoms with E-state index >= 15 is 0 Å². The lowest BCUT2D eigenvalue weighted by Gasteiger charge is -2.15. The van der Waals surface area contributed by atoms with E-state index in [9.17, 15) is 9.18 Å². The van der Waals surface area contributed by atoms with Gasteiger partial charge in [0, 0.05) is 24.7 Å². The van der Waals surface area contributed by atoms with E-state index in [2.05, 4.69) is 21.3 Å². The molecule has 0 bridgehead atoms. The number of benzene rings is 2. The predicted octanol–water partition coefficient (Wildman–Crippen LogP) is 5.09. The summed E-state index contributed by atoms with van der Waals surface area (Å²) >= 11 is 0. The molecule has 0 atom stereocenters. The zero-order valence-electron chi connectivity index (χ0n) is 21.4. The van der Waals surface area contributed by atoms with E-state index in [-0.39, 0.29) is 11.7 Å². The molecule has 0 spiro atoms. The minimum Gasteiger partial charge on any atom is -0.330 e. The summed E-state index contributed by atoms with van der Waals surface area (Å²) in [4.78, 5) is 24.7. The van der Waals surface area contributed by atoms with Gasteiger partial charge in [-0.15, -0.1) is 0 Å². The lowest BCUT2D eigenvalue weighted by molar-refractivity contribution is 0.102. The number of fused-ring (bicyclic) bond motifs is 1. The van der Waals surface area contributed by atoms with Crippen molar-refractivity contribution in [3.8, 4) is 22.6 Å². The van der Waals surface area contributed by atoms with Gasteiger partial charge in [-0.2, -0.15) is 5.10 Å². The van der Waals surface area contributed by atoms with Crippen LogP contribution in [0.4, 0.5) is 10.2 Å². The molecule has 0 radical (unpaired) electrons. The van der Waals surface area contributed by atoms with Crippen molar-refractivity contribution in [1.82, 2.24) is 29.0 Å². The van der Waals surface area contributed by atoms with Crippen LogP contribution in [0.3, 0.4) is 0 Å². The number of amides is 1. The lowest BCUT2D eigenvalue weighted by Crippen LogP contribution is -2.19. The van der Waals surface area contributed by atoms with Gasteiger partial charge < -0.3 is 9.88 Å². The number of aromatic nitrogens is 5. The Hall–Kier alpha value is -4.37. The molecule has 0 aliphatic carbocycles. The number of nitrogens with one attached hydrogen (secondary N) is 1. The quantitative estimate of drug-likeness (QED) is 0.345. The first kappa shape index (κ1) is 24.0. The molecule has 0 unspecified atom stereocenters. The highest BCUT2D eigenvalue weighted by atomic mass is 19.1. The van der Waals surface area contributed by atoms with E-state index in [1.807, 2.05) is 48.9 Å². The molecule has 3 aromatic heterocycles. The summed E-state index contributed by atoms with van der Waals surface area (Å²) in [6.45, 7) is 4.99. The summed E-state index contributed by atoms with van der Waals surface area (Å²) in [7, 11) is 1.92. The second-order valence-electron chi connectivity index (χ2n) is 9.71. The van der Waals surface area contributed by atoms with E-state index < -0.39 is 0 Å². The molecule has 1 saturated heterocycles. The smallest absolute Gasteiger partial charge is 0.256 e. The zero-order valence-corrected chi connectivity index (χ0v) is 21.4. The van der Waals surface area contributed by atoms with Crippen molar-refractivity contribution in [2.45, 2.75) is 26.3 Å². The molecule has 2 aromatic carbocycles. The van der Waals surface area contributed by atoms with Gasteiger partial charge in [-0.05, 0) is 86.9 Å². The van der Waals surface area contributed by atoms with Crippen LogP contribution in [0.1, 0.15) is 34.6 Å². The topological polar surface area (TPSA) is 80.3 Å². The second kappa shape index (κ2) is 9.83. The average Bonchev–Trinajstić information content (AvgIpc) is 3.64. The Morgan fingerprint density at radius 1 is 1.03 bits per heavy atom. The van der Waals surface area contributed by atoms with Gasteiger partial charge in [-0.1, -0.05) is 12.1 Å². The fraction of sp³-hybridized carbons (Fsp3) is 0.241. The first-order chi connectivity index (χ1) is 18.4. The largest absolute Gasteiger partial charge is 0.330 e.